The summed E-state index contributed by atoms with van der Waals surface area (Å²) in [5, 5.41) is 14.0. The van der Waals surface area contributed by atoms with E-state index in [1.807, 2.05) is 7.05 Å². The second-order valence-corrected chi connectivity index (χ2v) is 4.07. The van der Waals surface area contributed by atoms with Crippen LogP contribution in [0.15, 0.2) is 12.4 Å². The minimum absolute atomic E-state index is 0.388. The van der Waals surface area contributed by atoms with Crippen molar-refractivity contribution in [3.63, 3.8) is 0 Å². The molecule has 0 bridgehead atoms. The maximum absolute atomic E-state index is 10.0. The van der Waals surface area contributed by atoms with Gasteiger partial charge in [0.2, 0.25) is 0 Å². The molecule has 1 aliphatic rings. The first-order chi connectivity index (χ1) is 6.68. The summed E-state index contributed by atoms with van der Waals surface area (Å²) >= 11 is 0. The third-order valence-electron chi connectivity index (χ3n) is 2.72. The number of aryl methyl sites for hydroxylation is 1. The van der Waals surface area contributed by atoms with Crippen LogP contribution < -0.4 is 4.74 Å². The number of nitrogens with zero attached hydrogens (tertiary/aromatic N) is 2. The van der Waals surface area contributed by atoms with Gasteiger partial charge in [-0.15, -0.1) is 0 Å². The Hall–Kier alpha value is -1.03. The third kappa shape index (κ3) is 2.07. The quantitative estimate of drug-likeness (QED) is 0.787. The summed E-state index contributed by atoms with van der Waals surface area (Å²) in [5.41, 5.74) is -0.601. The van der Waals surface area contributed by atoms with Gasteiger partial charge in [0.1, 0.15) is 6.61 Å². The third-order valence-corrected chi connectivity index (χ3v) is 2.72. The zero-order valence-electron chi connectivity index (χ0n) is 8.44. The second kappa shape index (κ2) is 3.61. The summed E-state index contributed by atoms with van der Waals surface area (Å²) in [5.74, 6) is 0.729. The molecule has 1 aromatic heterocycles. The molecule has 0 saturated heterocycles. The van der Waals surface area contributed by atoms with Crippen LogP contribution in [0.25, 0.3) is 0 Å². The molecular weight excluding hydrogens is 180 g/mol. The maximum atomic E-state index is 10.0. The topological polar surface area (TPSA) is 47.3 Å². The maximum Gasteiger partial charge on any atom is 0.157 e. The van der Waals surface area contributed by atoms with E-state index in [1.165, 1.54) is 0 Å². The van der Waals surface area contributed by atoms with Crippen LogP contribution in [-0.2, 0) is 7.05 Å². The highest BCUT2D eigenvalue weighted by Crippen LogP contribution is 2.29. The lowest BCUT2D eigenvalue weighted by molar-refractivity contribution is 0.00139. The molecule has 0 radical (unpaired) electrons. The monoisotopic (exact) mass is 196 g/mol. The van der Waals surface area contributed by atoms with E-state index in [0.717, 1.165) is 31.4 Å². The van der Waals surface area contributed by atoms with Crippen molar-refractivity contribution in [2.75, 3.05) is 6.61 Å². The standard InChI is InChI=1S/C10H16N2O2/c1-12-7-9(6-11-12)14-8-10(13)4-2-3-5-10/h6-7,13H,2-5,8H2,1H3. The summed E-state index contributed by atoms with van der Waals surface area (Å²) in [6, 6.07) is 0. The highest BCUT2D eigenvalue weighted by Gasteiger charge is 2.31. The number of aromatic nitrogens is 2. The van der Waals surface area contributed by atoms with Crippen LogP contribution in [-0.4, -0.2) is 27.1 Å². The van der Waals surface area contributed by atoms with Gasteiger partial charge < -0.3 is 9.84 Å². The predicted octanol–water partition coefficient (Wildman–Crippen LogP) is 1.10. The van der Waals surface area contributed by atoms with E-state index in [0.29, 0.717) is 6.61 Å². The Balaban J connectivity index is 1.87. The fourth-order valence-corrected chi connectivity index (χ4v) is 1.87. The highest BCUT2D eigenvalue weighted by atomic mass is 16.5. The van der Waals surface area contributed by atoms with Crippen molar-refractivity contribution in [2.24, 2.45) is 7.05 Å². The van der Waals surface area contributed by atoms with E-state index >= 15 is 0 Å². The van der Waals surface area contributed by atoms with Gasteiger partial charge in [-0.3, -0.25) is 4.68 Å². The lowest BCUT2D eigenvalue weighted by Crippen LogP contribution is -2.32. The van der Waals surface area contributed by atoms with Gasteiger partial charge >= 0.3 is 0 Å². The van der Waals surface area contributed by atoms with E-state index in [1.54, 1.807) is 17.1 Å². The normalized spacial score (nSPS) is 19.9. The fourth-order valence-electron chi connectivity index (χ4n) is 1.87. The van der Waals surface area contributed by atoms with Crippen LogP contribution >= 0.6 is 0 Å². The van der Waals surface area contributed by atoms with E-state index in [4.69, 9.17) is 4.74 Å². The minimum atomic E-state index is -0.601. The summed E-state index contributed by atoms with van der Waals surface area (Å²) < 4.78 is 7.17. The van der Waals surface area contributed by atoms with Crippen molar-refractivity contribution in [2.45, 2.75) is 31.3 Å². The number of hydrogen-bond donors (Lipinski definition) is 1. The molecule has 0 aromatic carbocycles. The molecule has 0 spiro atoms. The van der Waals surface area contributed by atoms with Crippen molar-refractivity contribution in [3.05, 3.63) is 12.4 Å². The second-order valence-electron chi connectivity index (χ2n) is 4.07. The van der Waals surface area contributed by atoms with Crippen molar-refractivity contribution in [1.82, 2.24) is 9.78 Å². The van der Waals surface area contributed by atoms with Gasteiger partial charge in [-0.25, -0.2) is 0 Å². The number of hydrogen-bond acceptors (Lipinski definition) is 3. The Kier molecular flexibility index (Phi) is 2.46. The first kappa shape index (κ1) is 9.52. The molecule has 0 atom stereocenters. The lowest BCUT2D eigenvalue weighted by Gasteiger charge is -2.21. The Bertz CT molecular complexity index is 303. The molecular formula is C10H16N2O2. The number of ether oxygens (including phenoxy) is 1. The predicted molar refractivity (Wildman–Crippen MR) is 52.1 cm³/mol. The molecule has 0 aliphatic heterocycles. The molecule has 2 rings (SSSR count). The fraction of sp³-hybridized carbons (Fsp3) is 0.700. The molecule has 0 unspecified atom stereocenters. The van der Waals surface area contributed by atoms with Gasteiger partial charge in [0, 0.05) is 7.05 Å². The minimum Gasteiger partial charge on any atom is -0.487 e. The van der Waals surface area contributed by atoms with Crippen LogP contribution in [0.1, 0.15) is 25.7 Å². The van der Waals surface area contributed by atoms with E-state index in [9.17, 15) is 5.11 Å². The Morgan fingerprint density at radius 3 is 2.86 bits per heavy atom. The molecule has 4 nitrogen and oxygen atoms in total. The SMILES string of the molecule is Cn1cc(OCC2(O)CCCC2)cn1. The van der Waals surface area contributed by atoms with Crippen molar-refractivity contribution in [1.29, 1.82) is 0 Å². The van der Waals surface area contributed by atoms with Crippen molar-refractivity contribution >= 4 is 0 Å². The molecule has 1 N–H and O–H groups in total. The van der Waals surface area contributed by atoms with Gasteiger partial charge in [-0.1, -0.05) is 12.8 Å². The highest BCUT2D eigenvalue weighted by molar-refractivity contribution is 5.11. The average Bonchev–Trinajstić information content (AvgIpc) is 2.73. The number of aliphatic hydroxyl groups is 1. The molecule has 4 heteroatoms. The van der Waals surface area contributed by atoms with Crippen LogP contribution in [0.4, 0.5) is 0 Å². The number of rotatable bonds is 3. The summed E-state index contributed by atoms with van der Waals surface area (Å²) in [6.07, 6.45) is 7.39. The smallest absolute Gasteiger partial charge is 0.157 e. The first-order valence-electron chi connectivity index (χ1n) is 5.02. The molecule has 1 aliphatic carbocycles. The van der Waals surface area contributed by atoms with Gasteiger partial charge in [0.05, 0.1) is 18.0 Å². The van der Waals surface area contributed by atoms with E-state index < -0.39 is 5.60 Å². The van der Waals surface area contributed by atoms with Crippen molar-refractivity contribution in [3.8, 4) is 5.75 Å². The lowest BCUT2D eigenvalue weighted by atomic mass is 10.0. The molecule has 78 valence electrons. The molecule has 1 heterocycles. The molecule has 1 aromatic rings. The van der Waals surface area contributed by atoms with Gasteiger partial charge in [-0.2, -0.15) is 5.10 Å². The molecule has 0 amide bonds. The first-order valence-corrected chi connectivity index (χ1v) is 5.02. The Labute approximate surface area is 83.5 Å². The Morgan fingerprint density at radius 1 is 1.57 bits per heavy atom. The Morgan fingerprint density at radius 2 is 2.29 bits per heavy atom. The van der Waals surface area contributed by atoms with Gasteiger partial charge in [-0.05, 0) is 12.8 Å². The van der Waals surface area contributed by atoms with Crippen LogP contribution in [0.5, 0.6) is 5.75 Å². The largest absolute Gasteiger partial charge is 0.487 e. The van der Waals surface area contributed by atoms with Gasteiger partial charge in [0.15, 0.2) is 5.75 Å². The van der Waals surface area contributed by atoms with Gasteiger partial charge in [0.25, 0.3) is 0 Å². The molecule has 1 fully saturated rings. The molecule has 14 heavy (non-hydrogen) atoms. The summed E-state index contributed by atoms with van der Waals surface area (Å²) in [6.45, 7) is 0.388. The van der Waals surface area contributed by atoms with Crippen LogP contribution in [0.3, 0.4) is 0 Å². The zero-order valence-corrected chi connectivity index (χ0v) is 8.44. The van der Waals surface area contributed by atoms with E-state index in [2.05, 4.69) is 5.10 Å². The van der Waals surface area contributed by atoms with Crippen LogP contribution in [0.2, 0.25) is 0 Å². The van der Waals surface area contributed by atoms with E-state index in [-0.39, 0.29) is 0 Å². The van der Waals surface area contributed by atoms with Crippen LogP contribution in [0, 0.1) is 0 Å². The van der Waals surface area contributed by atoms with Crippen molar-refractivity contribution < 1.29 is 9.84 Å². The zero-order chi connectivity index (χ0) is 10.0. The summed E-state index contributed by atoms with van der Waals surface area (Å²) in [4.78, 5) is 0. The summed E-state index contributed by atoms with van der Waals surface area (Å²) in [7, 11) is 1.84. The average molecular weight is 196 g/mol. The molecule has 1 saturated carbocycles.